The summed E-state index contributed by atoms with van der Waals surface area (Å²) in [6.07, 6.45) is 3.44. The Morgan fingerprint density at radius 1 is 1.05 bits per heavy atom. The monoisotopic (exact) mass is 312 g/mol. The van der Waals surface area contributed by atoms with Crippen LogP contribution in [0.25, 0.3) is 0 Å². The first-order valence-corrected chi connectivity index (χ1v) is 8.04. The summed E-state index contributed by atoms with van der Waals surface area (Å²) in [4.78, 5) is 19.8. The van der Waals surface area contributed by atoms with Gasteiger partial charge in [-0.25, -0.2) is 0 Å². The first-order chi connectivity index (χ1) is 10.1. The van der Waals surface area contributed by atoms with Crippen molar-refractivity contribution < 1.29 is 0 Å². The van der Waals surface area contributed by atoms with Gasteiger partial charge >= 0.3 is 0 Å². The lowest BCUT2D eigenvalue weighted by atomic mass is 10.4. The Hall–Kier alpha value is -1.14. The number of nitrogens with zero attached hydrogens (tertiary/aromatic N) is 6. The van der Waals surface area contributed by atoms with Crippen LogP contribution in [0.2, 0.25) is 5.28 Å². The van der Waals surface area contributed by atoms with Gasteiger partial charge in [0.2, 0.25) is 17.2 Å². The van der Waals surface area contributed by atoms with Crippen LogP contribution in [-0.2, 0) is 0 Å². The minimum atomic E-state index is 0.285. The number of aromatic nitrogens is 3. The summed E-state index contributed by atoms with van der Waals surface area (Å²) in [5, 5.41) is 0.285. The Morgan fingerprint density at radius 2 is 1.76 bits per heavy atom. The lowest BCUT2D eigenvalue weighted by molar-refractivity contribution is 0.411. The maximum Gasteiger partial charge on any atom is 0.231 e. The van der Waals surface area contributed by atoms with E-state index >= 15 is 0 Å². The van der Waals surface area contributed by atoms with Gasteiger partial charge in [-0.2, -0.15) is 15.0 Å². The van der Waals surface area contributed by atoms with Crippen LogP contribution in [0.4, 0.5) is 11.9 Å². The van der Waals surface area contributed by atoms with Gasteiger partial charge in [0.15, 0.2) is 0 Å². The van der Waals surface area contributed by atoms with E-state index < -0.39 is 0 Å². The molecule has 0 bridgehead atoms. The molecule has 0 saturated carbocycles. The third kappa shape index (κ3) is 4.68. The summed E-state index contributed by atoms with van der Waals surface area (Å²) < 4.78 is 0. The van der Waals surface area contributed by atoms with Crippen LogP contribution in [0.5, 0.6) is 0 Å². The van der Waals surface area contributed by atoms with Gasteiger partial charge in [0.25, 0.3) is 0 Å². The highest BCUT2D eigenvalue weighted by Crippen LogP contribution is 2.20. The summed E-state index contributed by atoms with van der Waals surface area (Å²) in [6, 6.07) is 0. The van der Waals surface area contributed by atoms with E-state index in [-0.39, 0.29) is 5.28 Å². The first kappa shape index (κ1) is 16.2. The van der Waals surface area contributed by atoms with Crippen LogP contribution in [0.3, 0.4) is 0 Å². The van der Waals surface area contributed by atoms with E-state index in [0.29, 0.717) is 11.9 Å². The maximum absolute atomic E-state index is 6.11. The molecule has 118 valence electrons. The molecule has 0 spiro atoms. The maximum atomic E-state index is 6.11. The highest BCUT2D eigenvalue weighted by Gasteiger charge is 2.19. The normalized spacial score (nSPS) is 15.0. The second-order valence-electron chi connectivity index (χ2n) is 5.69. The van der Waals surface area contributed by atoms with Gasteiger partial charge in [-0.3, -0.25) is 0 Å². The van der Waals surface area contributed by atoms with E-state index in [1.165, 1.54) is 12.8 Å². The molecule has 2 heterocycles. The highest BCUT2D eigenvalue weighted by molar-refractivity contribution is 6.28. The summed E-state index contributed by atoms with van der Waals surface area (Å²) in [7, 11) is 4.14. The molecule has 0 N–H and O–H groups in total. The molecular weight excluding hydrogens is 288 g/mol. The number of likely N-dealkylation sites (N-methyl/N-ethyl adjacent to an activating group) is 1. The average Bonchev–Trinajstić information content (AvgIpc) is 2.96. The summed E-state index contributed by atoms with van der Waals surface area (Å²) >= 11 is 6.11. The smallest absolute Gasteiger partial charge is 0.231 e. The van der Waals surface area contributed by atoms with Crippen molar-refractivity contribution in [2.45, 2.75) is 26.2 Å². The summed E-state index contributed by atoms with van der Waals surface area (Å²) in [6.45, 7) is 6.94. The standard InChI is InChI=1S/C14H25ClN6/c1-4-7-20(11-10-19(2)3)13-16-12(15)17-14(18-13)21-8-5-6-9-21/h4-11H2,1-3H3. The molecule has 1 aliphatic rings. The van der Waals surface area contributed by atoms with Crippen molar-refractivity contribution in [3.05, 3.63) is 5.28 Å². The predicted octanol–water partition coefficient (Wildman–Crippen LogP) is 1.90. The fourth-order valence-electron chi connectivity index (χ4n) is 2.43. The number of halogens is 1. The van der Waals surface area contributed by atoms with E-state index in [1.807, 2.05) is 0 Å². The molecule has 1 fully saturated rings. The molecule has 1 aliphatic heterocycles. The van der Waals surface area contributed by atoms with Crippen molar-refractivity contribution in [1.82, 2.24) is 19.9 Å². The van der Waals surface area contributed by atoms with Crippen molar-refractivity contribution in [3.8, 4) is 0 Å². The molecule has 0 unspecified atom stereocenters. The molecule has 6 nitrogen and oxygen atoms in total. The third-order valence-electron chi connectivity index (χ3n) is 3.57. The average molecular weight is 313 g/mol. The van der Waals surface area contributed by atoms with Crippen molar-refractivity contribution in [1.29, 1.82) is 0 Å². The molecule has 7 heteroatoms. The first-order valence-electron chi connectivity index (χ1n) is 7.66. The second-order valence-corrected chi connectivity index (χ2v) is 6.03. The number of rotatable bonds is 7. The van der Waals surface area contributed by atoms with Crippen molar-refractivity contribution in [3.63, 3.8) is 0 Å². The SMILES string of the molecule is CCCN(CCN(C)C)c1nc(Cl)nc(N2CCCC2)n1. The molecule has 1 aromatic heterocycles. The van der Waals surface area contributed by atoms with Crippen LogP contribution in [0, 0.1) is 0 Å². The number of hydrogen-bond acceptors (Lipinski definition) is 6. The van der Waals surface area contributed by atoms with Crippen LogP contribution in [-0.4, -0.2) is 66.7 Å². The van der Waals surface area contributed by atoms with Crippen molar-refractivity contribution in [2.75, 3.05) is 56.6 Å². The minimum Gasteiger partial charge on any atom is -0.341 e. The largest absolute Gasteiger partial charge is 0.341 e. The molecule has 21 heavy (non-hydrogen) atoms. The van der Waals surface area contributed by atoms with Gasteiger partial charge in [0, 0.05) is 32.7 Å². The second kappa shape index (κ2) is 7.75. The minimum absolute atomic E-state index is 0.285. The van der Waals surface area contributed by atoms with Crippen LogP contribution in [0.1, 0.15) is 26.2 Å². The van der Waals surface area contributed by atoms with E-state index in [0.717, 1.165) is 39.1 Å². The van der Waals surface area contributed by atoms with Gasteiger partial charge in [-0.05, 0) is 45.0 Å². The van der Waals surface area contributed by atoms with Gasteiger partial charge in [-0.15, -0.1) is 0 Å². The molecule has 0 aliphatic carbocycles. The van der Waals surface area contributed by atoms with E-state index in [2.05, 4.69) is 50.7 Å². The molecule has 1 saturated heterocycles. The molecule has 0 aromatic carbocycles. The van der Waals surface area contributed by atoms with Crippen LogP contribution >= 0.6 is 11.6 Å². The zero-order valence-electron chi connectivity index (χ0n) is 13.2. The Balaban J connectivity index is 2.18. The fourth-order valence-corrected chi connectivity index (χ4v) is 2.58. The van der Waals surface area contributed by atoms with Gasteiger partial charge < -0.3 is 14.7 Å². The van der Waals surface area contributed by atoms with Crippen LogP contribution in [0.15, 0.2) is 0 Å². The number of anilines is 2. The van der Waals surface area contributed by atoms with E-state index in [4.69, 9.17) is 11.6 Å². The third-order valence-corrected chi connectivity index (χ3v) is 3.74. The molecule has 1 aromatic rings. The Kier molecular flexibility index (Phi) is 5.99. The lowest BCUT2D eigenvalue weighted by Crippen LogP contribution is -2.34. The molecule has 0 amide bonds. The summed E-state index contributed by atoms with van der Waals surface area (Å²) in [5.41, 5.74) is 0. The number of hydrogen-bond donors (Lipinski definition) is 0. The van der Waals surface area contributed by atoms with Crippen LogP contribution < -0.4 is 9.80 Å². The predicted molar refractivity (Wildman–Crippen MR) is 87.3 cm³/mol. The molecular formula is C14H25ClN6. The van der Waals surface area contributed by atoms with E-state index in [9.17, 15) is 0 Å². The lowest BCUT2D eigenvalue weighted by Gasteiger charge is -2.25. The van der Waals surface area contributed by atoms with Gasteiger partial charge in [-0.1, -0.05) is 6.92 Å². The summed E-state index contributed by atoms with van der Waals surface area (Å²) in [5.74, 6) is 1.41. The van der Waals surface area contributed by atoms with Gasteiger partial charge in [0.05, 0.1) is 0 Å². The molecule has 2 rings (SSSR count). The quantitative estimate of drug-likeness (QED) is 0.766. The van der Waals surface area contributed by atoms with Crippen molar-refractivity contribution in [2.24, 2.45) is 0 Å². The fraction of sp³-hybridized carbons (Fsp3) is 0.786. The van der Waals surface area contributed by atoms with Gasteiger partial charge in [0.1, 0.15) is 0 Å². The highest BCUT2D eigenvalue weighted by atomic mass is 35.5. The molecule has 0 atom stereocenters. The topological polar surface area (TPSA) is 48.4 Å². The van der Waals surface area contributed by atoms with Crippen molar-refractivity contribution >= 4 is 23.5 Å². The van der Waals surface area contributed by atoms with E-state index in [1.54, 1.807) is 0 Å². The zero-order valence-corrected chi connectivity index (χ0v) is 14.0. The molecule has 0 radical (unpaired) electrons. The Bertz CT molecular complexity index is 447. The Morgan fingerprint density at radius 3 is 2.38 bits per heavy atom. The zero-order chi connectivity index (χ0) is 15.2. The Labute approximate surface area is 132 Å².